The second-order valence-corrected chi connectivity index (χ2v) is 3.08. The van der Waals surface area contributed by atoms with Crippen LogP contribution in [0.1, 0.15) is 0 Å². The number of hydrogen-bond acceptors (Lipinski definition) is 4. The summed E-state index contributed by atoms with van der Waals surface area (Å²) in [6.07, 6.45) is 4.40. The first kappa shape index (κ1) is 8.11. The van der Waals surface area contributed by atoms with Crippen LogP contribution in [-0.2, 0) is 0 Å². The van der Waals surface area contributed by atoms with E-state index < -0.39 is 5.63 Å². The van der Waals surface area contributed by atoms with Gasteiger partial charge in [-0.3, -0.25) is 0 Å². The summed E-state index contributed by atoms with van der Waals surface area (Å²) in [4.78, 5) is 11.6. The van der Waals surface area contributed by atoms with E-state index in [1.807, 2.05) is 0 Å². The number of rotatable bonds is 1. The average Bonchev–Trinajstić information content (AvgIpc) is 2.82. The molecule has 0 saturated carbocycles. The molecule has 0 N–H and O–H groups in total. The van der Waals surface area contributed by atoms with Gasteiger partial charge in [0.2, 0.25) is 0 Å². The number of furan rings is 2. The highest BCUT2D eigenvalue weighted by molar-refractivity contribution is 5.78. The van der Waals surface area contributed by atoms with Crippen LogP contribution < -0.4 is 5.63 Å². The smallest absolute Gasteiger partial charge is 0.348 e. The fourth-order valence-corrected chi connectivity index (χ4v) is 1.55. The summed E-state index contributed by atoms with van der Waals surface area (Å²) in [6, 6.07) is 5.12. The van der Waals surface area contributed by atoms with E-state index in [-0.39, 0.29) is 0 Å². The molecule has 0 aliphatic carbocycles. The second kappa shape index (κ2) is 2.88. The molecule has 3 rings (SSSR count). The van der Waals surface area contributed by atoms with Crippen molar-refractivity contribution in [3.63, 3.8) is 0 Å². The molecule has 15 heavy (non-hydrogen) atoms. The van der Waals surface area contributed by atoms with E-state index in [1.165, 1.54) is 18.8 Å². The monoisotopic (exact) mass is 202 g/mol. The third kappa shape index (κ3) is 1.11. The zero-order valence-corrected chi connectivity index (χ0v) is 7.60. The summed E-state index contributed by atoms with van der Waals surface area (Å²) >= 11 is 0. The Hall–Kier alpha value is -2.23. The fraction of sp³-hybridized carbons (Fsp3) is 0. The molecule has 0 fully saturated rings. The highest BCUT2D eigenvalue weighted by atomic mass is 16.4. The Bertz CT molecular complexity index is 600. The van der Waals surface area contributed by atoms with Gasteiger partial charge in [-0.1, -0.05) is 0 Å². The minimum absolute atomic E-state index is 0.415. The standard InChI is InChI=1S/C11H6O4/c12-11-10(8-2-1-4-14-8)7-3-5-13-6-9(7)15-11/h1-6H. The molecule has 0 atom stereocenters. The zero-order chi connectivity index (χ0) is 10.3. The van der Waals surface area contributed by atoms with Crippen molar-refractivity contribution in [1.82, 2.24) is 0 Å². The third-order valence-corrected chi connectivity index (χ3v) is 2.20. The Kier molecular flexibility index (Phi) is 1.56. The largest absolute Gasteiger partial charge is 0.469 e. The lowest BCUT2D eigenvalue weighted by Gasteiger charge is -1.94. The van der Waals surface area contributed by atoms with Gasteiger partial charge >= 0.3 is 5.63 Å². The molecule has 0 aromatic carbocycles. The molecule has 2 aliphatic rings. The summed E-state index contributed by atoms with van der Waals surface area (Å²) in [5, 5.41) is 0. The van der Waals surface area contributed by atoms with Gasteiger partial charge in [-0.15, -0.1) is 0 Å². The van der Waals surface area contributed by atoms with E-state index in [0.717, 1.165) is 0 Å². The van der Waals surface area contributed by atoms with Crippen LogP contribution in [0.3, 0.4) is 0 Å². The quantitative estimate of drug-likeness (QED) is 0.608. The van der Waals surface area contributed by atoms with Crippen molar-refractivity contribution in [1.29, 1.82) is 0 Å². The highest BCUT2D eigenvalue weighted by Gasteiger charge is 2.20. The molecule has 74 valence electrons. The molecule has 0 bridgehead atoms. The lowest BCUT2D eigenvalue weighted by molar-refractivity contribution is 0.493. The van der Waals surface area contributed by atoms with Gasteiger partial charge < -0.3 is 13.3 Å². The van der Waals surface area contributed by atoms with E-state index in [2.05, 4.69) is 0 Å². The van der Waals surface area contributed by atoms with Crippen LogP contribution in [-0.4, -0.2) is 0 Å². The summed E-state index contributed by atoms with van der Waals surface area (Å²) < 4.78 is 15.1. The Labute approximate surface area is 84.1 Å². The van der Waals surface area contributed by atoms with Crippen LogP contribution in [0, 0.1) is 0 Å². The van der Waals surface area contributed by atoms with Gasteiger partial charge in [0.05, 0.1) is 12.5 Å². The molecule has 3 heterocycles. The fourth-order valence-electron chi connectivity index (χ4n) is 1.55. The van der Waals surface area contributed by atoms with Crippen molar-refractivity contribution in [2.75, 3.05) is 0 Å². The number of fused-ring (bicyclic) bond motifs is 1. The first-order chi connectivity index (χ1) is 7.36. The van der Waals surface area contributed by atoms with Gasteiger partial charge in [0.25, 0.3) is 0 Å². The second-order valence-electron chi connectivity index (χ2n) is 3.08. The number of hydrogen-bond donors (Lipinski definition) is 0. The lowest BCUT2D eigenvalue weighted by atomic mass is 10.1. The van der Waals surface area contributed by atoms with Crippen molar-refractivity contribution in [3.8, 4) is 22.6 Å². The van der Waals surface area contributed by atoms with Gasteiger partial charge in [0.1, 0.15) is 17.6 Å². The first-order valence-electron chi connectivity index (χ1n) is 4.39. The predicted molar refractivity (Wildman–Crippen MR) is 51.6 cm³/mol. The summed E-state index contributed by atoms with van der Waals surface area (Å²) in [6.45, 7) is 0. The molecular weight excluding hydrogens is 196 g/mol. The Morgan fingerprint density at radius 1 is 1.07 bits per heavy atom. The molecular formula is C11H6O4. The molecule has 0 saturated heterocycles. The molecule has 0 radical (unpaired) electrons. The van der Waals surface area contributed by atoms with Crippen molar-refractivity contribution in [3.05, 3.63) is 47.4 Å². The van der Waals surface area contributed by atoms with Crippen LogP contribution in [0.4, 0.5) is 0 Å². The van der Waals surface area contributed by atoms with Gasteiger partial charge in [0, 0.05) is 5.56 Å². The molecule has 0 spiro atoms. The van der Waals surface area contributed by atoms with E-state index >= 15 is 0 Å². The molecule has 4 heteroatoms. The maximum absolute atomic E-state index is 11.6. The van der Waals surface area contributed by atoms with Gasteiger partial charge in [0.15, 0.2) is 5.76 Å². The summed E-state index contributed by atoms with van der Waals surface area (Å²) in [5.41, 5.74) is 0.716. The van der Waals surface area contributed by atoms with Gasteiger partial charge in [-0.2, -0.15) is 0 Å². The Morgan fingerprint density at radius 2 is 2.00 bits per heavy atom. The third-order valence-electron chi connectivity index (χ3n) is 2.20. The Morgan fingerprint density at radius 3 is 2.80 bits per heavy atom. The van der Waals surface area contributed by atoms with Gasteiger partial charge in [-0.05, 0) is 18.2 Å². The molecule has 0 unspecified atom stereocenters. The van der Waals surface area contributed by atoms with Crippen molar-refractivity contribution < 1.29 is 13.3 Å². The minimum Gasteiger partial charge on any atom is -0.469 e. The molecule has 2 aliphatic heterocycles. The van der Waals surface area contributed by atoms with Crippen LogP contribution in [0.15, 0.2) is 55.0 Å². The minimum atomic E-state index is -0.415. The molecule has 1 aromatic heterocycles. The normalized spacial score (nSPS) is 10.9. The zero-order valence-electron chi connectivity index (χ0n) is 7.60. The van der Waals surface area contributed by atoms with Crippen LogP contribution in [0.5, 0.6) is 0 Å². The maximum atomic E-state index is 11.6. The maximum Gasteiger partial charge on any atom is 0.348 e. The topological polar surface area (TPSA) is 56.5 Å². The highest BCUT2D eigenvalue weighted by Crippen LogP contribution is 2.31. The molecule has 1 aromatic rings. The lowest BCUT2D eigenvalue weighted by Crippen LogP contribution is -1.94. The first-order valence-corrected chi connectivity index (χ1v) is 4.39. The van der Waals surface area contributed by atoms with Gasteiger partial charge in [-0.25, -0.2) is 4.79 Å². The predicted octanol–water partition coefficient (Wildman–Crippen LogP) is 2.60. The SMILES string of the molecule is O=c1oc2coccc-2c1-c1ccco1. The van der Waals surface area contributed by atoms with Crippen LogP contribution >= 0.6 is 0 Å². The average molecular weight is 202 g/mol. The Balaban J connectivity index is 2.37. The molecule has 4 nitrogen and oxygen atoms in total. The van der Waals surface area contributed by atoms with Crippen molar-refractivity contribution in [2.24, 2.45) is 0 Å². The molecule has 0 amide bonds. The van der Waals surface area contributed by atoms with E-state index in [1.54, 1.807) is 18.2 Å². The van der Waals surface area contributed by atoms with Crippen molar-refractivity contribution >= 4 is 0 Å². The van der Waals surface area contributed by atoms with E-state index in [0.29, 0.717) is 22.6 Å². The van der Waals surface area contributed by atoms with Crippen molar-refractivity contribution in [2.45, 2.75) is 0 Å². The van der Waals surface area contributed by atoms with E-state index in [4.69, 9.17) is 13.3 Å². The van der Waals surface area contributed by atoms with E-state index in [9.17, 15) is 4.79 Å². The summed E-state index contributed by atoms with van der Waals surface area (Å²) in [7, 11) is 0. The van der Waals surface area contributed by atoms with Crippen LogP contribution in [0.25, 0.3) is 22.6 Å². The van der Waals surface area contributed by atoms with Crippen LogP contribution in [0.2, 0.25) is 0 Å². The summed E-state index contributed by atoms with van der Waals surface area (Å²) in [5.74, 6) is 0.929.